The Morgan fingerprint density at radius 3 is 2.81 bits per heavy atom. The van der Waals surface area contributed by atoms with Crippen molar-refractivity contribution in [1.82, 2.24) is 10.2 Å². The molecule has 1 amide bonds. The van der Waals surface area contributed by atoms with Crippen LogP contribution < -0.4 is 5.32 Å². The van der Waals surface area contributed by atoms with Crippen LogP contribution in [0, 0.1) is 6.92 Å². The van der Waals surface area contributed by atoms with Gasteiger partial charge in [-0.3, -0.25) is 10.1 Å². The van der Waals surface area contributed by atoms with Gasteiger partial charge >= 0.3 is 0 Å². The van der Waals surface area contributed by atoms with Crippen molar-refractivity contribution in [3.8, 4) is 0 Å². The summed E-state index contributed by atoms with van der Waals surface area (Å²) in [5.74, 6) is 0.283. The van der Waals surface area contributed by atoms with Gasteiger partial charge in [-0.05, 0) is 18.9 Å². The Hall–Kier alpha value is -1.35. The van der Waals surface area contributed by atoms with Gasteiger partial charge in [-0.15, -0.1) is 0 Å². The van der Waals surface area contributed by atoms with Crippen LogP contribution in [0.1, 0.15) is 24.0 Å². The molecule has 2 fully saturated rings. The van der Waals surface area contributed by atoms with E-state index in [4.69, 9.17) is 0 Å². The fourth-order valence-electron chi connectivity index (χ4n) is 2.88. The summed E-state index contributed by atoms with van der Waals surface area (Å²) in [6, 6.07) is 8.51. The maximum absolute atomic E-state index is 11.8. The Kier molecular flexibility index (Phi) is 2.04. The summed E-state index contributed by atoms with van der Waals surface area (Å²) in [5.41, 5.74) is 2.28. The summed E-state index contributed by atoms with van der Waals surface area (Å²) in [4.78, 5) is 13.8. The lowest BCUT2D eigenvalue weighted by atomic mass is 9.96. The molecule has 1 atom stereocenters. The molecule has 0 radical (unpaired) electrons. The van der Waals surface area contributed by atoms with Crippen LogP contribution in [0.25, 0.3) is 0 Å². The van der Waals surface area contributed by atoms with Gasteiger partial charge < -0.3 is 4.90 Å². The van der Waals surface area contributed by atoms with E-state index in [-0.39, 0.29) is 11.6 Å². The fourth-order valence-corrected chi connectivity index (χ4v) is 2.88. The third-order valence-electron chi connectivity index (χ3n) is 3.74. The Labute approximate surface area is 95.4 Å². The van der Waals surface area contributed by atoms with Crippen LogP contribution in [0.3, 0.4) is 0 Å². The lowest BCUT2D eigenvalue weighted by Crippen LogP contribution is -2.45. The third kappa shape index (κ3) is 1.21. The molecule has 0 aromatic heterocycles. The maximum atomic E-state index is 11.8. The van der Waals surface area contributed by atoms with Crippen LogP contribution in [0.5, 0.6) is 0 Å². The second-order valence-electron chi connectivity index (χ2n) is 4.70. The van der Waals surface area contributed by atoms with E-state index in [0.29, 0.717) is 6.42 Å². The average molecular weight is 216 g/mol. The minimum atomic E-state index is -0.204. The number of rotatable bonds is 1. The summed E-state index contributed by atoms with van der Waals surface area (Å²) in [6.45, 7) is 3.83. The van der Waals surface area contributed by atoms with Gasteiger partial charge in [0, 0.05) is 19.5 Å². The van der Waals surface area contributed by atoms with Gasteiger partial charge in [0.1, 0.15) is 5.66 Å². The molecule has 3 nitrogen and oxygen atoms in total. The van der Waals surface area contributed by atoms with E-state index in [1.807, 2.05) is 4.90 Å². The van der Waals surface area contributed by atoms with Crippen LogP contribution in [0.4, 0.5) is 0 Å². The number of aryl methyl sites for hydroxylation is 1. The second kappa shape index (κ2) is 3.32. The van der Waals surface area contributed by atoms with Crippen LogP contribution >= 0.6 is 0 Å². The van der Waals surface area contributed by atoms with E-state index in [1.165, 1.54) is 11.1 Å². The molecule has 1 N–H and O–H groups in total. The zero-order valence-corrected chi connectivity index (χ0v) is 9.49. The first-order chi connectivity index (χ1) is 7.72. The molecule has 0 spiro atoms. The van der Waals surface area contributed by atoms with Crippen molar-refractivity contribution in [2.45, 2.75) is 25.4 Å². The van der Waals surface area contributed by atoms with Crippen molar-refractivity contribution < 1.29 is 4.79 Å². The number of benzene rings is 1. The smallest absolute Gasteiger partial charge is 0.224 e. The Morgan fingerprint density at radius 1 is 1.31 bits per heavy atom. The molecule has 0 saturated carbocycles. The first kappa shape index (κ1) is 9.85. The van der Waals surface area contributed by atoms with E-state index in [0.717, 1.165) is 19.5 Å². The number of nitrogens with zero attached hydrogens (tertiary/aromatic N) is 1. The molecule has 1 aromatic rings. The Balaban J connectivity index is 2.04. The number of fused-ring (bicyclic) bond motifs is 1. The Morgan fingerprint density at radius 2 is 2.06 bits per heavy atom. The third-order valence-corrected chi connectivity index (χ3v) is 3.74. The van der Waals surface area contributed by atoms with E-state index in [1.54, 1.807) is 0 Å². The molecular formula is C13H16N2O. The van der Waals surface area contributed by atoms with Gasteiger partial charge in [0.25, 0.3) is 0 Å². The highest BCUT2D eigenvalue weighted by molar-refractivity contribution is 5.80. The number of hydrogen-bond acceptors (Lipinski definition) is 2. The van der Waals surface area contributed by atoms with E-state index in [2.05, 4.69) is 36.5 Å². The van der Waals surface area contributed by atoms with Crippen molar-refractivity contribution in [1.29, 1.82) is 0 Å². The average Bonchev–Trinajstić information content (AvgIpc) is 2.82. The molecule has 1 aromatic carbocycles. The quantitative estimate of drug-likeness (QED) is 0.769. The Bertz CT molecular complexity index is 426. The summed E-state index contributed by atoms with van der Waals surface area (Å²) in [7, 11) is 0. The number of amides is 1. The number of carbonyl (C=O) groups is 1. The minimum absolute atomic E-state index is 0.204. The van der Waals surface area contributed by atoms with Crippen molar-refractivity contribution in [3.63, 3.8) is 0 Å². The van der Waals surface area contributed by atoms with Crippen molar-refractivity contribution in [2.75, 3.05) is 13.1 Å². The molecular weight excluding hydrogens is 200 g/mol. The summed E-state index contributed by atoms with van der Waals surface area (Å²) < 4.78 is 0. The highest BCUT2D eigenvalue weighted by atomic mass is 16.2. The fraction of sp³-hybridized carbons (Fsp3) is 0.462. The number of hydrogen-bond donors (Lipinski definition) is 1. The molecule has 84 valence electrons. The predicted octanol–water partition coefficient (Wildman–Crippen LogP) is 1.37. The number of nitrogens with one attached hydrogen (secondary N) is 1. The minimum Gasteiger partial charge on any atom is -0.319 e. The molecule has 0 unspecified atom stereocenters. The molecule has 2 heterocycles. The lowest BCUT2D eigenvalue weighted by molar-refractivity contribution is -0.130. The number of carbonyl (C=O) groups excluding carboxylic acids is 1. The van der Waals surface area contributed by atoms with Gasteiger partial charge in [0.2, 0.25) is 5.91 Å². The van der Waals surface area contributed by atoms with Crippen molar-refractivity contribution >= 4 is 5.91 Å². The normalized spacial score (nSPS) is 28.6. The topological polar surface area (TPSA) is 32.3 Å². The van der Waals surface area contributed by atoms with Crippen molar-refractivity contribution in [3.05, 3.63) is 35.4 Å². The van der Waals surface area contributed by atoms with Crippen LogP contribution in [0.15, 0.2) is 24.3 Å². The van der Waals surface area contributed by atoms with Gasteiger partial charge in [-0.25, -0.2) is 0 Å². The molecule has 2 aliphatic rings. The first-order valence-electron chi connectivity index (χ1n) is 5.85. The van der Waals surface area contributed by atoms with Gasteiger partial charge in [0.15, 0.2) is 0 Å². The van der Waals surface area contributed by atoms with Crippen LogP contribution in [0.2, 0.25) is 0 Å². The highest BCUT2D eigenvalue weighted by Gasteiger charge is 2.49. The van der Waals surface area contributed by atoms with E-state index in [9.17, 15) is 4.79 Å². The molecule has 2 aliphatic heterocycles. The van der Waals surface area contributed by atoms with Gasteiger partial charge in [-0.2, -0.15) is 0 Å². The molecule has 3 heteroatoms. The summed E-state index contributed by atoms with van der Waals surface area (Å²) in [6.07, 6.45) is 1.57. The molecule has 0 aliphatic carbocycles. The van der Waals surface area contributed by atoms with Crippen molar-refractivity contribution in [2.24, 2.45) is 0 Å². The largest absolute Gasteiger partial charge is 0.319 e. The first-order valence-corrected chi connectivity index (χ1v) is 5.85. The molecule has 3 rings (SSSR count). The van der Waals surface area contributed by atoms with Gasteiger partial charge in [0.05, 0.1) is 0 Å². The van der Waals surface area contributed by atoms with Crippen LogP contribution in [-0.2, 0) is 10.5 Å². The zero-order chi connectivity index (χ0) is 11.2. The van der Waals surface area contributed by atoms with E-state index >= 15 is 0 Å². The van der Waals surface area contributed by atoms with E-state index < -0.39 is 0 Å². The second-order valence-corrected chi connectivity index (χ2v) is 4.70. The van der Waals surface area contributed by atoms with Gasteiger partial charge in [-0.1, -0.05) is 29.8 Å². The maximum Gasteiger partial charge on any atom is 0.224 e. The molecule has 0 bridgehead atoms. The zero-order valence-electron chi connectivity index (χ0n) is 9.49. The SMILES string of the molecule is Cc1ccc([C@@]23CCC(=O)N2CCN3)cc1. The standard InChI is InChI=1S/C13H16N2O/c1-10-2-4-11(5-3-10)13-7-6-12(16)15(13)9-8-14-13/h2-5,14H,6-9H2,1H3/t13-/m1/s1. The summed E-state index contributed by atoms with van der Waals surface area (Å²) in [5, 5.41) is 3.50. The summed E-state index contributed by atoms with van der Waals surface area (Å²) >= 11 is 0. The monoisotopic (exact) mass is 216 g/mol. The predicted molar refractivity (Wildman–Crippen MR) is 61.8 cm³/mol. The lowest BCUT2D eigenvalue weighted by Gasteiger charge is -2.32. The molecule has 16 heavy (non-hydrogen) atoms. The van der Waals surface area contributed by atoms with Crippen LogP contribution in [-0.4, -0.2) is 23.9 Å². The highest BCUT2D eigenvalue weighted by Crippen LogP contribution is 2.39. The molecule has 2 saturated heterocycles.